The lowest BCUT2D eigenvalue weighted by Crippen LogP contribution is -2.80. The molecule has 0 amide bonds. The Balaban J connectivity index is 4.28. The molecule has 1 rings (SSSR count). The molecule has 0 aromatic carbocycles. The molecule has 1 aliphatic rings. The Morgan fingerprint density at radius 1 is 0.333 bits per heavy atom. The molecule has 1 aliphatic heterocycles. The second-order valence-corrected chi connectivity index (χ2v) is 34.5. The predicted octanol–water partition coefficient (Wildman–Crippen LogP) is 10.5. The molecule has 0 bridgehead atoms. The molecule has 288 valence electrons. The van der Waals surface area contributed by atoms with Crippen molar-refractivity contribution in [1.82, 2.24) is 0 Å². The molecule has 0 spiro atoms. The molecule has 0 aromatic rings. The van der Waals surface area contributed by atoms with E-state index in [0.29, 0.717) is 51.3 Å². The highest BCUT2D eigenvalue weighted by atomic mass is 28.5. The van der Waals surface area contributed by atoms with E-state index in [4.69, 9.17) is 35.4 Å². The van der Waals surface area contributed by atoms with E-state index in [9.17, 15) is 0 Å². The maximum absolute atomic E-state index is 7.97. The summed E-state index contributed by atoms with van der Waals surface area (Å²) in [7, 11) is -13.3. The first-order valence-corrected chi connectivity index (χ1v) is 27.3. The first kappa shape index (κ1) is 46.6. The molecule has 0 unspecified atom stereocenters. The molecule has 0 aliphatic carbocycles. The quantitative estimate of drug-likeness (QED) is 0.0899. The van der Waals surface area contributed by atoms with Gasteiger partial charge in [0.25, 0.3) is 0 Å². The topological polar surface area (TPSA) is 73.8 Å². The summed E-state index contributed by atoms with van der Waals surface area (Å²) in [4.78, 5) is 0. The van der Waals surface area contributed by atoms with E-state index < -0.39 is 34.2 Å². The molecule has 0 saturated carbocycles. The number of hydrogen-bond donors (Lipinski definition) is 0. The van der Waals surface area contributed by atoms with Crippen molar-refractivity contribution < 1.29 is 35.4 Å². The maximum Gasteiger partial charge on any atom is 0.352 e. The zero-order valence-corrected chi connectivity index (χ0v) is 38.6. The van der Waals surface area contributed by atoms with Crippen LogP contribution in [0.1, 0.15) is 162 Å². The van der Waals surface area contributed by atoms with E-state index >= 15 is 0 Å². The van der Waals surface area contributed by atoms with Gasteiger partial charge in [-0.1, -0.05) is 136 Å². The lowest BCUT2D eigenvalue weighted by molar-refractivity contribution is 0.0611. The van der Waals surface area contributed by atoms with Gasteiger partial charge in [-0.05, 0) is 25.7 Å². The maximum atomic E-state index is 7.97. The van der Waals surface area contributed by atoms with Gasteiger partial charge in [0.05, 0.1) is 24.9 Å². The Kier molecular flexibility index (Phi) is 19.0. The lowest BCUT2D eigenvalue weighted by Gasteiger charge is -2.62. The van der Waals surface area contributed by atoms with Crippen LogP contribution in [0.15, 0.2) is 0 Å². The molecule has 0 radical (unpaired) electrons. The van der Waals surface area contributed by atoms with Gasteiger partial charge in [0.2, 0.25) is 0 Å². The third-order valence-corrected chi connectivity index (χ3v) is 31.7. The third kappa shape index (κ3) is 12.3. The average molecular weight is 753 g/mol. The van der Waals surface area contributed by atoms with Crippen LogP contribution in [0.4, 0.5) is 0 Å². The van der Waals surface area contributed by atoms with Crippen molar-refractivity contribution in [2.45, 2.75) is 182 Å². The molecule has 12 heteroatoms. The van der Waals surface area contributed by atoms with Crippen molar-refractivity contribution in [2.24, 2.45) is 0 Å². The second kappa shape index (κ2) is 19.6. The third-order valence-electron chi connectivity index (χ3n) is 9.63. The summed E-state index contributed by atoms with van der Waals surface area (Å²) in [5.41, 5.74) is 0. The number of ether oxygens (including phenoxy) is 4. The first-order chi connectivity index (χ1) is 22.1. The summed E-state index contributed by atoms with van der Waals surface area (Å²) in [5, 5.41) is -1.47. The minimum Gasteiger partial charge on any atom is -0.412 e. The first-order valence-electron chi connectivity index (χ1n) is 19.2. The lowest BCUT2D eigenvalue weighted by atomic mass is 10.2. The van der Waals surface area contributed by atoms with Gasteiger partial charge in [0, 0.05) is 46.6 Å². The van der Waals surface area contributed by atoms with Crippen LogP contribution in [0.5, 0.6) is 0 Å². The normalized spacial score (nSPS) is 28.0. The summed E-state index contributed by atoms with van der Waals surface area (Å²) >= 11 is 0. The number of rotatable bonds is 20. The van der Waals surface area contributed by atoms with Crippen molar-refractivity contribution in [3.05, 3.63) is 0 Å². The monoisotopic (exact) mass is 752 g/mol. The van der Waals surface area contributed by atoms with Crippen LogP contribution in [0.2, 0.25) is 20.2 Å². The van der Waals surface area contributed by atoms with Crippen molar-refractivity contribution in [2.75, 3.05) is 51.3 Å². The van der Waals surface area contributed by atoms with Crippen molar-refractivity contribution in [3.8, 4) is 0 Å². The Hall–Kier alpha value is 0.548. The minimum absolute atomic E-state index is 0.368. The van der Waals surface area contributed by atoms with Gasteiger partial charge in [-0.3, -0.25) is 0 Å². The fourth-order valence-corrected chi connectivity index (χ4v) is 31.0. The molecule has 8 nitrogen and oxygen atoms in total. The predicted molar refractivity (Wildman–Crippen MR) is 209 cm³/mol. The molecule has 48 heavy (non-hydrogen) atoms. The van der Waals surface area contributed by atoms with E-state index in [1.807, 2.05) is 0 Å². The van der Waals surface area contributed by atoms with Gasteiger partial charge in [-0.25, -0.2) is 0 Å². The van der Waals surface area contributed by atoms with Gasteiger partial charge < -0.3 is 35.4 Å². The van der Waals surface area contributed by atoms with Crippen LogP contribution in [0.25, 0.3) is 0 Å². The summed E-state index contributed by atoms with van der Waals surface area (Å²) in [5.74, 6) is 0. The molecule has 0 aromatic heterocycles. The molecule has 1 saturated heterocycles. The highest BCUT2D eigenvalue weighted by Crippen LogP contribution is 2.56. The fraction of sp³-hybridized carbons (Fsp3) is 1.00. The van der Waals surface area contributed by atoms with Crippen LogP contribution in [-0.4, -0.2) is 85.6 Å². The van der Waals surface area contributed by atoms with Gasteiger partial charge in [0.1, 0.15) is 0 Å². The molecular weight excluding hydrogens is 673 g/mol. The van der Waals surface area contributed by atoms with Gasteiger partial charge in [0.15, 0.2) is 0 Å². The van der Waals surface area contributed by atoms with Gasteiger partial charge >= 0.3 is 34.2 Å². The number of hydrogen-bond acceptors (Lipinski definition) is 8. The standard InChI is InChI=1S/C36H80O8Si4/c1-17-21-25-37-29-45(33(5,6)7)41-46(34(8,9)10,30-38-26-22-18-2)43-48(36(14,15)16,32-40-28-24-20-4)44-47(42-45,35(11,12)13)31-39-27-23-19-3/h17-32H2,1-16H3. The Morgan fingerprint density at radius 3 is 0.625 bits per heavy atom. The van der Waals surface area contributed by atoms with E-state index in [1.54, 1.807) is 0 Å². The van der Waals surface area contributed by atoms with Crippen molar-refractivity contribution >= 4 is 34.2 Å². The Morgan fingerprint density at radius 2 is 0.500 bits per heavy atom. The van der Waals surface area contributed by atoms with Gasteiger partial charge in [-0.2, -0.15) is 0 Å². The van der Waals surface area contributed by atoms with E-state index in [0.717, 1.165) is 51.4 Å². The minimum atomic E-state index is -3.34. The smallest absolute Gasteiger partial charge is 0.352 e. The SMILES string of the molecule is CCCCOC[Si]1(C(C)(C)C)O[Si](COCCCC)(C(C)(C)C)O[Si](COCCCC)(C(C)(C)C)O[Si](COCCCC)(C(C)(C)C)O1. The van der Waals surface area contributed by atoms with Crippen LogP contribution >= 0.6 is 0 Å². The second-order valence-electron chi connectivity index (χ2n) is 18.0. The molecule has 0 atom stereocenters. The van der Waals surface area contributed by atoms with Crippen molar-refractivity contribution in [1.29, 1.82) is 0 Å². The molecule has 0 N–H and O–H groups in total. The number of unbranched alkanes of at least 4 members (excludes halogenated alkanes) is 4. The fourth-order valence-electron chi connectivity index (χ4n) is 5.29. The summed E-state index contributed by atoms with van der Waals surface area (Å²) in [6.07, 6.45) is 9.81. The van der Waals surface area contributed by atoms with Crippen molar-refractivity contribution in [3.63, 3.8) is 0 Å². The zero-order valence-electron chi connectivity index (χ0n) is 34.6. The highest BCUT2D eigenvalue weighted by molar-refractivity contribution is 6.97. The molecular formula is C36H80O8Si4. The average Bonchev–Trinajstić information content (AvgIpc) is 2.94. The van der Waals surface area contributed by atoms with E-state index in [1.165, 1.54) is 0 Å². The summed E-state index contributed by atoms with van der Waals surface area (Å²) in [6, 6.07) is 0. The molecule has 1 fully saturated rings. The van der Waals surface area contributed by atoms with Crippen LogP contribution < -0.4 is 0 Å². The van der Waals surface area contributed by atoms with E-state index in [2.05, 4.69) is 111 Å². The highest BCUT2D eigenvalue weighted by Gasteiger charge is 2.73. The zero-order chi connectivity index (χ0) is 37.0. The Labute approximate surface area is 302 Å². The largest absolute Gasteiger partial charge is 0.412 e. The summed E-state index contributed by atoms with van der Waals surface area (Å²) in [6.45, 7) is 38.5. The Bertz CT molecular complexity index is 740. The van der Waals surface area contributed by atoms with Crippen LogP contribution in [-0.2, 0) is 35.4 Å². The van der Waals surface area contributed by atoms with E-state index in [-0.39, 0.29) is 20.2 Å². The molecule has 1 heterocycles. The summed E-state index contributed by atoms with van der Waals surface area (Å²) < 4.78 is 58.3. The van der Waals surface area contributed by atoms with Crippen LogP contribution in [0.3, 0.4) is 0 Å². The van der Waals surface area contributed by atoms with Crippen LogP contribution in [0, 0.1) is 0 Å². The van der Waals surface area contributed by atoms with Gasteiger partial charge in [-0.15, -0.1) is 0 Å².